The fourth-order valence-corrected chi connectivity index (χ4v) is 3.80. The Morgan fingerprint density at radius 1 is 1.24 bits per heavy atom. The smallest absolute Gasteiger partial charge is 0.337 e. The van der Waals surface area contributed by atoms with Crippen molar-refractivity contribution in [3.63, 3.8) is 0 Å². The predicted octanol–water partition coefficient (Wildman–Crippen LogP) is 4.15. The number of aromatic nitrogens is 1. The van der Waals surface area contributed by atoms with Crippen molar-refractivity contribution in [1.82, 2.24) is 4.98 Å². The molecule has 1 aromatic carbocycles. The predicted molar refractivity (Wildman–Crippen MR) is 100 cm³/mol. The van der Waals surface area contributed by atoms with Crippen molar-refractivity contribution in [2.45, 2.75) is 13.3 Å². The topological polar surface area (TPSA) is 68.3 Å². The third-order valence-electron chi connectivity index (χ3n) is 3.59. The van der Waals surface area contributed by atoms with Gasteiger partial charge in [-0.2, -0.15) is 11.3 Å². The van der Waals surface area contributed by atoms with Crippen LogP contribution in [0.25, 0.3) is 10.6 Å². The summed E-state index contributed by atoms with van der Waals surface area (Å²) in [6, 6.07) is 7.08. The van der Waals surface area contributed by atoms with Crippen LogP contribution in [0.1, 0.15) is 21.6 Å². The van der Waals surface area contributed by atoms with Crippen molar-refractivity contribution in [1.29, 1.82) is 0 Å². The molecule has 0 saturated carbocycles. The Morgan fingerprint density at radius 2 is 2.08 bits per heavy atom. The summed E-state index contributed by atoms with van der Waals surface area (Å²) in [5, 5.41) is 9.68. The van der Waals surface area contributed by atoms with Crippen molar-refractivity contribution in [3.05, 3.63) is 57.2 Å². The molecule has 0 bridgehead atoms. The number of methoxy groups -OCH3 is 1. The van der Waals surface area contributed by atoms with Gasteiger partial charge in [-0.05, 0) is 36.1 Å². The number of benzene rings is 1. The van der Waals surface area contributed by atoms with Gasteiger partial charge in [-0.15, -0.1) is 11.3 Å². The molecule has 0 atom stereocenters. The Morgan fingerprint density at radius 3 is 2.80 bits per heavy atom. The number of hydrogen-bond donors (Lipinski definition) is 1. The van der Waals surface area contributed by atoms with Gasteiger partial charge < -0.3 is 10.1 Å². The largest absolute Gasteiger partial charge is 0.465 e. The van der Waals surface area contributed by atoms with Gasteiger partial charge >= 0.3 is 5.97 Å². The molecule has 2 heterocycles. The Balaban J connectivity index is 1.70. The molecule has 0 radical (unpaired) electrons. The van der Waals surface area contributed by atoms with Crippen LogP contribution in [0.15, 0.2) is 40.4 Å². The summed E-state index contributed by atoms with van der Waals surface area (Å²) in [4.78, 5) is 28.5. The third kappa shape index (κ3) is 4.12. The Bertz CT molecular complexity index is 901. The highest BCUT2D eigenvalue weighted by atomic mass is 32.1. The standard InChI is InChI=1S/C18H16N2O3S2/c1-11-3-4-12(18(22)23-2)7-15(11)20-16(21)8-14-10-25-17(19-14)13-5-6-24-9-13/h3-7,9-10H,8H2,1-2H3,(H,20,21). The van der Waals surface area contributed by atoms with Gasteiger partial charge in [0.2, 0.25) is 5.91 Å². The number of ether oxygens (including phenoxy) is 1. The number of hydrogen-bond acceptors (Lipinski definition) is 6. The summed E-state index contributed by atoms with van der Waals surface area (Å²) in [5.74, 6) is -0.609. The summed E-state index contributed by atoms with van der Waals surface area (Å²) in [5.41, 5.74) is 3.67. The first-order valence-corrected chi connectivity index (χ1v) is 9.35. The average molecular weight is 372 g/mol. The van der Waals surface area contributed by atoms with Crippen LogP contribution in [0.2, 0.25) is 0 Å². The third-order valence-corrected chi connectivity index (χ3v) is 5.22. The first kappa shape index (κ1) is 17.3. The van der Waals surface area contributed by atoms with Crippen LogP contribution in [0.3, 0.4) is 0 Å². The molecule has 0 unspecified atom stereocenters. The minimum absolute atomic E-state index is 0.174. The van der Waals surface area contributed by atoms with E-state index in [0.717, 1.165) is 21.8 Å². The molecule has 1 N–H and O–H groups in total. The molecule has 0 aliphatic rings. The Labute approximate surface area is 153 Å². The van der Waals surface area contributed by atoms with Gasteiger partial charge in [-0.3, -0.25) is 4.79 Å². The molecule has 25 heavy (non-hydrogen) atoms. The van der Waals surface area contributed by atoms with Crippen LogP contribution < -0.4 is 5.32 Å². The summed E-state index contributed by atoms with van der Waals surface area (Å²) in [6.45, 7) is 1.87. The van der Waals surface area contributed by atoms with Crippen LogP contribution >= 0.6 is 22.7 Å². The van der Waals surface area contributed by atoms with Crippen molar-refractivity contribution < 1.29 is 14.3 Å². The van der Waals surface area contributed by atoms with Crippen molar-refractivity contribution in [2.75, 3.05) is 12.4 Å². The quantitative estimate of drug-likeness (QED) is 0.683. The van der Waals surface area contributed by atoms with Crippen LogP contribution in [-0.4, -0.2) is 24.0 Å². The van der Waals surface area contributed by atoms with Crippen LogP contribution in [0.4, 0.5) is 5.69 Å². The monoisotopic (exact) mass is 372 g/mol. The van der Waals surface area contributed by atoms with E-state index in [1.54, 1.807) is 29.5 Å². The highest BCUT2D eigenvalue weighted by Crippen LogP contribution is 2.26. The lowest BCUT2D eigenvalue weighted by Crippen LogP contribution is -2.16. The number of thiophene rings is 1. The van der Waals surface area contributed by atoms with Crippen molar-refractivity contribution in [3.8, 4) is 10.6 Å². The number of amides is 1. The second-order valence-corrected chi connectivity index (χ2v) is 7.04. The maximum atomic E-state index is 12.3. The van der Waals surface area contributed by atoms with E-state index in [0.29, 0.717) is 11.3 Å². The van der Waals surface area contributed by atoms with Crippen LogP contribution in [0.5, 0.6) is 0 Å². The van der Waals surface area contributed by atoms with Gasteiger partial charge in [0.25, 0.3) is 0 Å². The molecular weight excluding hydrogens is 356 g/mol. The normalized spacial score (nSPS) is 10.5. The number of carbonyl (C=O) groups excluding carboxylic acids is 2. The molecule has 128 valence electrons. The van der Waals surface area contributed by atoms with Gasteiger partial charge in [0.05, 0.1) is 24.8 Å². The zero-order valence-corrected chi connectivity index (χ0v) is 15.4. The number of aryl methyl sites for hydroxylation is 1. The van der Waals surface area contributed by atoms with Gasteiger partial charge in [0, 0.05) is 22.0 Å². The van der Waals surface area contributed by atoms with Gasteiger partial charge in [-0.1, -0.05) is 6.07 Å². The van der Waals surface area contributed by atoms with E-state index in [2.05, 4.69) is 10.3 Å². The Kier molecular flexibility index (Phi) is 5.25. The van der Waals surface area contributed by atoms with E-state index >= 15 is 0 Å². The lowest BCUT2D eigenvalue weighted by atomic mass is 10.1. The van der Waals surface area contributed by atoms with E-state index in [1.807, 2.05) is 29.1 Å². The summed E-state index contributed by atoms with van der Waals surface area (Å²) < 4.78 is 4.71. The number of carbonyl (C=O) groups is 2. The minimum Gasteiger partial charge on any atom is -0.465 e. The number of esters is 1. The van der Waals surface area contributed by atoms with Crippen LogP contribution in [0, 0.1) is 6.92 Å². The van der Waals surface area contributed by atoms with E-state index in [1.165, 1.54) is 18.4 Å². The number of rotatable bonds is 5. The van der Waals surface area contributed by atoms with Gasteiger partial charge in [0.15, 0.2) is 0 Å². The summed E-state index contributed by atoms with van der Waals surface area (Å²) in [7, 11) is 1.33. The van der Waals surface area contributed by atoms with Gasteiger partial charge in [-0.25, -0.2) is 9.78 Å². The number of anilines is 1. The molecule has 0 fully saturated rings. The molecule has 0 spiro atoms. The van der Waals surface area contributed by atoms with Gasteiger partial charge in [0.1, 0.15) is 5.01 Å². The van der Waals surface area contributed by atoms with E-state index in [-0.39, 0.29) is 12.3 Å². The van der Waals surface area contributed by atoms with Crippen molar-refractivity contribution in [2.24, 2.45) is 0 Å². The first-order chi connectivity index (χ1) is 12.1. The number of nitrogens with one attached hydrogen (secondary N) is 1. The van der Waals surface area contributed by atoms with E-state index in [9.17, 15) is 9.59 Å². The first-order valence-electron chi connectivity index (χ1n) is 7.52. The highest BCUT2D eigenvalue weighted by molar-refractivity contribution is 7.14. The molecule has 2 aromatic heterocycles. The van der Waals surface area contributed by atoms with E-state index in [4.69, 9.17) is 4.74 Å². The zero-order chi connectivity index (χ0) is 17.8. The lowest BCUT2D eigenvalue weighted by Gasteiger charge is -2.09. The average Bonchev–Trinajstić information content (AvgIpc) is 3.27. The SMILES string of the molecule is COC(=O)c1ccc(C)c(NC(=O)Cc2csc(-c3ccsc3)n2)c1. The Hall–Kier alpha value is -2.51. The summed E-state index contributed by atoms with van der Waals surface area (Å²) >= 11 is 3.14. The molecule has 7 heteroatoms. The minimum atomic E-state index is -0.435. The molecular formula is C18H16N2O3S2. The lowest BCUT2D eigenvalue weighted by molar-refractivity contribution is -0.115. The molecule has 3 rings (SSSR count). The molecule has 0 aliphatic heterocycles. The molecule has 0 saturated heterocycles. The second kappa shape index (κ2) is 7.58. The van der Waals surface area contributed by atoms with Crippen molar-refractivity contribution >= 4 is 40.2 Å². The maximum Gasteiger partial charge on any atom is 0.337 e. The maximum absolute atomic E-state index is 12.3. The highest BCUT2D eigenvalue weighted by Gasteiger charge is 2.13. The second-order valence-electron chi connectivity index (χ2n) is 5.40. The molecule has 3 aromatic rings. The fraction of sp³-hybridized carbons (Fsp3) is 0.167. The zero-order valence-electron chi connectivity index (χ0n) is 13.7. The van der Waals surface area contributed by atoms with Crippen LogP contribution in [-0.2, 0) is 16.0 Å². The summed E-state index contributed by atoms with van der Waals surface area (Å²) in [6.07, 6.45) is 0.183. The molecule has 1 amide bonds. The molecule has 5 nitrogen and oxygen atoms in total. The number of nitrogens with zero attached hydrogens (tertiary/aromatic N) is 1. The number of thiazole rings is 1. The fourth-order valence-electron chi connectivity index (χ4n) is 2.27. The van der Waals surface area contributed by atoms with E-state index < -0.39 is 5.97 Å². The molecule has 0 aliphatic carbocycles.